The average Bonchev–Trinajstić information content (AvgIpc) is 3.04. The molecule has 27 heavy (non-hydrogen) atoms. The van der Waals surface area contributed by atoms with Gasteiger partial charge in [0.05, 0.1) is 17.1 Å². The van der Waals surface area contributed by atoms with Crippen molar-refractivity contribution in [1.82, 2.24) is 14.9 Å². The van der Waals surface area contributed by atoms with Crippen LogP contribution >= 0.6 is 0 Å². The summed E-state index contributed by atoms with van der Waals surface area (Å²) < 4.78 is 2.10. The molecule has 0 fully saturated rings. The third-order valence-electron chi connectivity index (χ3n) is 4.81. The number of para-hydroxylation sites is 2. The van der Waals surface area contributed by atoms with Crippen molar-refractivity contribution in [2.24, 2.45) is 7.05 Å². The molecular formula is C23H21N3O. The van der Waals surface area contributed by atoms with Gasteiger partial charge < -0.3 is 9.88 Å². The molecule has 3 aromatic carbocycles. The maximum Gasteiger partial charge on any atom is 0.251 e. The Balaban J connectivity index is 1.66. The van der Waals surface area contributed by atoms with Crippen LogP contribution in [-0.4, -0.2) is 15.5 Å². The highest BCUT2D eigenvalue weighted by Crippen LogP contribution is 2.22. The van der Waals surface area contributed by atoms with Gasteiger partial charge in [0.25, 0.3) is 5.91 Å². The van der Waals surface area contributed by atoms with Crippen molar-refractivity contribution >= 4 is 16.9 Å². The van der Waals surface area contributed by atoms with Gasteiger partial charge in [0.15, 0.2) is 0 Å². The van der Waals surface area contributed by atoms with Crippen molar-refractivity contribution in [2.45, 2.75) is 12.5 Å². The Bertz CT molecular complexity index is 1050. The van der Waals surface area contributed by atoms with Crippen LogP contribution in [0.2, 0.25) is 0 Å². The smallest absolute Gasteiger partial charge is 0.251 e. The third-order valence-corrected chi connectivity index (χ3v) is 4.81. The molecule has 1 amide bonds. The van der Waals surface area contributed by atoms with Crippen LogP contribution in [0.25, 0.3) is 11.0 Å². The van der Waals surface area contributed by atoms with Gasteiger partial charge in [0.1, 0.15) is 5.82 Å². The molecule has 0 saturated carbocycles. The number of carbonyl (C=O) groups excluding carboxylic acids is 1. The minimum atomic E-state index is -0.158. The van der Waals surface area contributed by atoms with E-state index in [9.17, 15) is 4.79 Å². The van der Waals surface area contributed by atoms with Crippen LogP contribution in [0.4, 0.5) is 0 Å². The minimum absolute atomic E-state index is 0.0804. The first-order valence-corrected chi connectivity index (χ1v) is 9.03. The van der Waals surface area contributed by atoms with Gasteiger partial charge in [-0.15, -0.1) is 0 Å². The van der Waals surface area contributed by atoms with Crippen LogP contribution in [0, 0.1) is 0 Å². The highest BCUT2D eigenvalue weighted by Gasteiger charge is 2.19. The van der Waals surface area contributed by atoms with Gasteiger partial charge in [-0.1, -0.05) is 60.7 Å². The highest BCUT2D eigenvalue weighted by atomic mass is 16.1. The van der Waals surface area contributed by atoms with E-state index < -0.39 is 0 Å². The molecule has 1 N–H and O–H groups in total. The van der Waals surface area contributed by atoms with E-state index in [1.165, 1.54) is 0 Å². The van der Waals surface area contributed by atoms with Gasteiger partial charge in [-0.25, -0.2) is 4.98 Å². The van der Waals surface area contributed by atoms with E-state index in [1.54, 1.807) is 0 Å². The molecule has 1 aromatic heterocycles. The average molecular weight is 355 g/mol. The first-order chi connectivity index (χ1) is 13.2. The molecule has 1 heterocycles. The minimum Gasteiger partial charge on any atom is -0.345 e. The number of hydrogen-bond donors (Lipinski definition) is 1. The second-order valence-electron chi connectivity index (χ2n) is 6.58. The molecule has 0 aliphatic heterocycles. The fraction of sp³-hybridized carbons (Fsp3) is 0.130. The number of benzene rings is 3. The van der Waals surface area contributed by atoms with Crippen LogP contribution in [0.1, 0.15) is 27.8 Å². The largest absolute Gasteiger partial charge is 0.345 e. The Morgan fingerprint density at radius 3 is 2.26 bits per heavy atom. The van der Waals surface area contributed by atoms with Crippen molar-refractivity contribution in [3.63, 3.8) is 0 Å². The number of carbonyl (C=O) groups is 1. The number of rotatable bonds is 5. The maximum atomic E-state index is 12.7. The zero-order valence-electron chi connectivity index (χ0n) is 15.2. The first kappa shape index (κ1) is 17.0. The van der Waals surface area contributed by atoms with Gasteiger partial charge in [0, 0.05) is 19.0 Å². The van der Waals surface area contributed by atoms with Gasteiger partial charge in [-0.2, -0.15) is 0 Å². The summed E-state index contributed by atoms with van der Waals surface area (Å²) in [5.74, 6) is 0.863. The highest BCUT2D eigenvalue weighted by molar-refractivity contribution is 5.94. The van der Waals surface area contributed by atoms with E-state index in [0.29, 0.717) is 12.0 Å². The van der Waals surface area contributed by atoms with Crippen LogP contribution < -0.4 is 5.32 Å². The number of hydrogen-bond acceptors (Lipinski definition) is 2. The Morgan fingerprint density at radius 1 is 0.926 bits per heavy atom. The fourth-order valence-electron chi connectivity index (χ4n) is 3.33. The summed E-state index contributed by atoms with van der Waals surface area (Å²) in [6.07, 6.45) is 0.619. The van der Waals surface area contributed by atoms with Crippen LogP contribution in [-0.2, 0) is 13.5 Å². The van der Waals surface area contributed by atoms with Gasteiger partial charge in [-0.05, 0) is 29.8 Å². The standard InChI is InChI=1S/C23H21N3O/c1-26-21-15-9-8-14-19(21)24-22(26)16-20(17-10-4-2-5-11-17)25-23(27)18-12-6-3-7-13-18/h2-15,20H,16H2,1H3,(H,25,27)/t20-/m0/s1. The lowest BCUT2D eigenvalue weighted by molar-refractivity contribution is 0.0936. The number of aryl methyl sites for hydroxylation is 1. The summed E-state index contributed by atoms with van der Waals surface area (Å²) >= 11 is 0. The monoisotopic (exact) mass is 355 g/mol. The van der Waals surface area contributed by atoms with Gasteiger partial charge in [0.2, 0.25) is 0 Å². The number of nitrogens with zero attached hydrogens (tertiary/aromatic N) is 2. The molecule has 0 bridgehead atoms. The van der Waals surface area contributed by atoms with Crippen LogP contribution in [0.3, 0.4) is 0 Å². The van der Waals surface area contributed by atoms with E-state index >= 15 is 0 Å². The number of nitrogens with one attached hydrogen (secondary N) is 1. The summed E-state index contributed by atoms with van der Waals surface area (Å²) in [4.78, 5) is 17.5. The number of aromatic nitrogens is 2. The van der Waals surface area contributed by atoms with E-state index in [4.69, 9.17) is 4.98 Å². The molecule has 1 atom stereocenters. The van der Waals surface area contributed by atoms with Gasteiger partial charge in [-0.3, -0.25) is 4.79 Å². The molecule has 0 unspecified atom stereocenters. The van der Waals surface area contributed by atoms with Crippen molar-refractivity contribution in [3.05, 3.63) is 102 Å². The molecule has 0 radical (unpaired) electrons. The molecule has 0 spiro atoms. The summed E-state index contributed by atoms with van der Waals surface area (Å²) in [6.45, 7) is 0. The summed E-state index contributed by atoms with van der Waals surface area (Å²) in [5, 5.41) is 3.18. The van der Waals surface area contributed by atoms with E-state index in [-0.39, 0.29) is 11.9 Å². The Kier molecular flexibility index (Phi) is 4.71. The SMILES string of the molecule is Cn1c(C[C@H](NC(=O)c2ccccc2)c2ccccc2)nc2ccccc21. The Labute approximate surface area is 158 Å². The Morgan fingerprint density at radius 2 is 1.56 bits per heavy atom. The predicted octanol–water partition coefficient (Wildman–Crippen LogP) is 4.29. The quantitative estimate of drug-likeness (QED) is 0.581. The normalized spacial score (nSPS) is 12.0. The molecule has 4 aromatic rings. The zero-order chi connectivity index (χ0) is 18.6. The Hall–Kier alpha value is -3.40. The summed E-state index contributed by atoms with van der Waals surface area (Å²) in [5.41, 5.74) is 3.78. The lowest BCUT2D eigenvalue weighted by Gasteiger charge is -2.19. The van der Waals surface area contributed by atoms with E-state index in [2.05, 4.69) is 16.0 Å². The lowest BCUT2D eigenvalue weighted by Crippen LogP contribution is -2.30. The number of imidazole rings is 1. The van der Waals surface area contributed by atoms with E-state index in [0.717, 1.165) is 22.4 Å². The zero-order valence-corrected chi connectivity index (χ0v) is 15.2. The molecule has 4 rings (SSSR count). The first-order valence-electron chi connectivity index (χ1n) is 9.03. The number of fused-ring (bicyclic) bond motifs is 1. The molecule has 0 aliphatic rings. The molecule has 4 heteroatoms. The number of amides is 1. The molecule has 134 valence electrons. The second-order valence-corrected chi connectivity index (χ2v) is 6.58. The lowest BCUT2D eigenvalue weighted by atomic mass is 10.0. The molecule has 4 nitrogen and oxygen atoms in total. The molecular weight excluding hydrogens is 334 g/mol. The van der Waals surface area contributed by atoms with E-state index in [1.807, 2.05) is 85.9 Å². The van der Waals surface area contributed by atoms with Crippen molar-refractivity contribution in [1.29, 1.82) is 0 Å². The predicted molar refractivity (Wildman–Crippen MR) is 108 cm³/mol. The maximum absolute atomic E-state index is 12.7. The summed E-state index contributed by atoms with van der Waals surface area (Å²) in [7, 11) is 2.02. The van der Waals surface area contributed by atoms with Gasteiger partial charge >= 0.3 is 0 Å². The van der Waals surface area contributed by atoms with Crippen LogP contribution in [0.15, 0.2) is 84.9 Å². The third kappa shape index (κ3) is 3.60. The fourth-order valence-corrected chi connectivity index (χ4v) is 3.33. The van der Waals surface area contributed by atoms with Crippen LogP contribution in [0.5, 0.6) is 0 Å². The second kappa shape index (κ2) is 7.46. The summed E-state index contributed by atoms with van der Waals surface area (Å²) in [6, 6.07) is 27.3. The van der Waals surface area contributed by atoms with Crippen molar-refractivity contribution in [3.8, 4) is 0 Å². The molecule has 0 saturated heterocycles. The van der Waals surface area contributed by atoms with Crippen molar-refractivity contribution in [2.75, 3.05) is 0 Å². The molecule has 0 aliphatic carbocycles. The van der Waals surface area contributed by atoms with Crippen molar-refractivity contribution < 1.29 is 4.79 Å². The topological polar surface area (TPSA) is 46.9 Å².